The molecule has 0 aromatic heterocycles. The number of fused-ring (bicyclic) bond motifs is 1. The molecule has 0 saturated heterocycles. The fraction of sp³-hybridized carbons (Fsp3) is 0.250. The Kier molecular flexibility index (Phi) is 6.11. The summed E-state index contributed by atoms with van der Waals surface area (Å²) in [6.45, 7) is 0.938. The molecular formula is C20H21N3O5. The fourth-order valence-corrected chi connectivity index (χ4v) is 2.64. The number of amides is 3. The zero-order valence-corrected chi connectivity index (χ0v) is 15.4. The van der Waals surface area contributed by atoms with Gasteiger partial charge >= 0.3 is 6.03 Å². The molecule has 3 rings (SSSR count). The minimum atomic E-state index is -0.325. The van der Waals surface area contributed by atoms with Crippen molar-refractivity contribution >= 4 is 29.1 Å². The molecule has 8 heteroatoms. The van der Waals surface area contributed by atoms with E-state index in [0.29, 0.717) is 41.7 Å². The molecule has 0 saturated carbocycles. The first-order valence-corrected chi connectivity index (χ1v) is 8.86. The predicted octanol–water partition coefficient (Wildman–Crippen LogP) is 2.81. The highest BCUT2D eigenvalue weighted by Crippen LogP contribution is 2.31. The number of ketones is 1. The van der Waals surface area contributed by atoms with E-state index in [4.69, 9.17) is 9.47 Å². The highest BCUT2D eigenvalue weighted by atomic mass is 16.6. The highest BCUT2D eigenvalue weighted by Gasteiger charge is 2.16. The van der Waals surface area contributed by atoms with Crippen molar-refractivity contribution in [3.05, 3.63) is 48.0 Å². The fourth-order valence-electron chi connectivity index (χ4n) is 2.64. The summed E-state index contributed by atoms with van der Waals surface area (Å²) >= 11 is 0. The minimum absolute atomic E-state index is 0.0610. The van der Waals surface area contributed by atoms with Gasteiger partial charge in [-0.1, -0.05) is 0 Å². The first-order valence-electron chi connectivity index (χ1n) is 8.86. The molecule has 1 aliphatic heterocycles. The van der Waals surface area contributed by atoms with Gasteiger partial charge in [0, 0.05) is 36.8 Å². The van der Waals surface area contributed by atoms with E-state index in [1.807, 2.05) is 0 Å². The van der Waals surface area contributed by atoms with Gasteiger partial charge in [-0.2, -0.15) is 0 Å². The summed E-state index contributed by atoms with van der Waals surface area (Å²) in [6.07, 6.45) is 0.146. The first kappa shape index (κ1) is 19.2. The van der Waals surface area contributed by atoms with Crippen molar-refractivity contribution in [2.45, 2.75) is 12.8 Å². The number of nitrogens with one attached hydrogen (secondary N) is 3. The van der Waals surface area contributed by atoms with Crippen LogP contribution in [0.2, 0.25) is 0 Å². The second-order valence-corrected chi connectivity index (χ2v) is 6.11. The van der Waals surface area contributed by atoms with E-state index in [-0.39, 0.29) is 30.6 Å². The van der Waals surface area contributed by atoms with Gasteiger partial charge in [0.05, 0.1) is 0 Å². The summed E-state index contributed by atoms with van der Waals surface area (Å²) in [5, 5.41) is 7.81. The second-order valence-electron chi connectivity index (χ2n) is 6.11. The van der Waals surface area contributed by atoms with Gasteiger partial charge in [-0.15, -0.1) is 0 Å². The molecule has 146 valence electrons. The summed E-state index contributed by atoms with van der Waals surface area (Å²) in [5.41, 5.74) is 1.67. The topological polar surface area (TPSA) is 106 Å². The van der Waals surface area contributed by atoms with Crippen LogP contribution in [0.1, 0.15) is 23.2 Å². The van der Waals surface area contributed by atoms with Gasteiger partial charge in [0.25, 0.3) is 0 Å². The molecule has 0 unspecified atom stereocenters. The van der Waals surface area contributed by atoms with E-state index in [2.05, 4.69) is 16.0 Å². The summed E-state index contributed by atoms with van der Waals surface area (Å²) in [4.78, 5) is 35.7. The van der Waals surface area contributed by atoms with Crippen LogP contribution in [0.5, 0.6) is 11.5 Å². The Hall–Kier alpha value is -3.55. The molecule has 0 bridgehead atoms. The maximum atomic E-state index is 12.3. The number of benzene rings is 2. The lowest BCUT2D eigenvalue weighted by Crippen LogP contribution is -2.24. The number of rotatable bonds is 6. The van der Waals surface area contributed by atoms with Crippen LogP contribution in [0, 0.1) is 0 Å². The Morgan fingerprint density at radius 1 is 0.857 bits per heavy atom. The molecule has 2 aromatic carbocycles. The van der Waals surface area contributed by atoms with Crippen LogP contribution in [0.25, 0.3) is 0 Å². The summed E-state index contributed by atoms with van der Waals surface area (Å²) in [6, 6.07) is 11.4. The van der Waals surface area contributed by atoms with Crippen LogP contribution in [0.15, 0.2) is 42.5 Å². The Balaban J connectivity index is 1.50. The highest BCUT2D eigenvalue weighted by molar-refractivity contribution is 6.00. The van der Waals surface area contributed by atoms with Gasteiger partial charge in [0.15, 0.2) is 17.3 Å². The number of carbonyl (C=O) groups excluding carboxylic acids is 3. The maximum Gasteiger partial charge on any atom is 0.318 e. The monoisotopic (exact) mass is 383 g/mol. The Morgan fingerprint density at radius 2 is 1.50 bits per heavy atom. The zero-order valence-electron chi connectivity index (χ0n) is 15.4. The van der Waals surface area contributed by atoms with Gasteiger partial charge in [-0.25, -0.2) is 4.79 Å². The molecule has 0 atom stereocenters. The quantitative estimate of drug-likeness (QED) is 0.665. The molecule has 28 heavy (non-hydrogen) atoms. The third-order valence-corrected chi connectivity index (χ3v) is 4.10. The Morgan fingerprint density at radius 3 is 2.18 bits per heavy atom. The number of hydrogen-bond acceptors (Lipinski definition) is 5. The van der Waals surface area contributed by atoms with Gasteiger partial charge in [0.1, 0.15) is 13.2 Å². The zero-order chi connectivity index (χ0) is 19.9. The van der Waals surface area contributed by atoms with Crippen LogP contribution >= 0.6 is 0 Å². The third-order valence-electron chi connectivity index (χ3n) is 4.10. The van der Waals surface area contributed by atoms with Crippen LogP contribution in [0.3, 0.4) is 0 Å². The van der Waals surface area contributed by atoms with Crippen LogP contribution in [-0.2, 0) is 4.79 Å². The van der Waals surface area contributed by atoms with Crippen LogP contribution < -0.4 is 25.4 Å². The lowest BCUT2D eigenvalue weighted by atomic mass is 10.1. The van der Waals surface area contributed by atoms with Crippen LogP contribution in [-0.4, -0.2) is 38.0 Å². The molecule has 1 heterocycles. The average Bonchev–Trinajstić information content (AvgIpc) is 2.73. The van der Waals surface area contributed by atoms with Crippen molar-refractivity contribution in [3.8, 4) is 11.5 Å². The SMILES string of the molecule is CNC(=O)Nc1ccc(NC(=O)CCC(=O)c2ccc3c(c2)OCCO3)cc1. The van der Waals surface area contributed by atoms with Crippen LogP contribution in [0.4, 0.5) is 16.2 Å². The van der Waals surface area contributed by atoms with Gasteiger partial charge < -0.3 is 25.4 Å². The van der Waals surface area contributed by atoms with E-state index in [9.17, 15) is 14.4 Å². The van der Waals surface area contributed by atoms with E-state index in [0.717, 1.165) is 0 Å². The van der Waals surface area contributed by atoms with E-state index in [1.54, 1.807) is 42.5 Å². The molecule has 8 nitrogen and oxygen atoms in total. The van der Waals surface area contributed by atoms with Gasteiger partial charge in [-0.05, 0) is 42.5 Å². The number of carbonyl (C=O) groups is 3. The number of anilines is 2. The van der Waals surface area contributed by atoms with Crippen molar-refractivity contribution in [1.29, 1.82) is 0 Å². The Labute approximate surface area is 162 Å². The number of hydrogen-bond donors (Lipinski definition) is 3. The normalized spacial score (nSPS) is 12.0. The lowest BCUT2D eigenvalue weighted by Gasteiger charge is -2.18. The summed E-state index contributed by atoms with van der Waals surface area (Å²) in [7, 11) is 1.52. The van der Waals surface area contributed by atoms with Gasteiger partial charge in [0.2, 0.25) is 5.91 Å². The van der Waals surface area contributed by atoms with E-state index in [1.165, 1.54) is 7.05 Å². The molecule has 0 radical (unpaired) electrons. The molecule has 0 fully saturated rings. The molecule has 0 spiro atoms. The van der Waals surface area contributed by atoms with Crippen molar-refractivity contribution in [1.82, 2.24) is 5.32 Å². The molecule has 0 aliphatic carbocycles. The number of ether oxygens (including phenoxy) is 2. The predicted molar refractivity (Wildman–Crippen MR) is 104 cm³/mol. The number of Topliss-reactive ketones (excluding diaryl/α,β-unsaturated/α-hetero) is 1. The molecular weight excluding hydrogens is 362 g/mol. The Bertz CT molecular complexity index is 880. The standard InChI is InChI=1S/C20H21N3O5/c1-21-20(26)23-15-5-3-14(4-6-15)22-19(25)9-7-16(24)13-2-8-17-18(12-13)28-11-10-27-17/h2-6,8,12H,7,9-11H2,1H3,(H,22,25)(H2,21,23,26). The summed E-state index contributed by atoms with van der Waals surface area (Å²) < 4.78 is 10.9. The molecule has 3 amide bonds. The second kappa shape index (κ2) is 8.90. The summed E-state index contributed by atoms with van der Waals surface area (Å²) in [5.74, 6) is 0.761. The minimum Gasteiger partial charge on any atom is -0.486 e. The molecule has 1 aliphatic rings. The third kappa shape index (κ3) is 5.00. The maximum absolute atomic E-state index is 12.3. The first-order chi connectivity index (χ1) is 13.5. The molecule has 2 aromatic rings. The smallest absolute Gasteiger partial charge is 0.318 e. The average molecular weight is 383 g/mol. The van der Waals surface area contributed by atoms with Crippen molar-refractivity contribution in [2.75, 3.05) is 30.9 Å². The van der Waals surface area contributed by atoms with Crippen molar-refractivity contribution in [3.63, 3.8) is 0 Å². The van der Waals surface area contributed by atoms with Gasteiger partial charge in [-0.3, -0.25) is 9.59 Å². The lowest BCUT2D eigenvalue weighted by molar-refractivity contribution is -0.116. The number of urea groups is 1. The van der Waals surface area contributed by atoms with Crippen molar-refractivity contribution in [2.24, 2.45) is 0 Å². The van der Waals surface area contributed by atoms with E-state index < -0.39 is 0 Å². The van der Waals surface area contributed by atoms with Crippen molar-refractivity contribution < 1.29 is 23.9 Å². The molecule has 3 N–H and O–H groups in total. The van der Waals surface area contributed by atoms with E-state index >= 15 is 0 Å². The largest absolute Gasteiger partial charge is 0.486 e.